The number of aromatic nitrogens is 1. The molecule has 3 heterocycles. The highest BCUT2D eigenvalue weighted by molar-refractivity contribution is 7.13. The smallest absolute Gasteiger partial charge is 0.252 e. The molecule has 0 aliphatic carbocycles. The first-order chi connectivity index (χ1) is 9.83. The molecule has 1 amide bonds. The van der Waals surface area contributed by atoms with Crippen LogP contribution in [-0.4, -0.2) is 10.9 Å². The second-order valence-electron chi connectivity index (χ2n) is 4.22. The summed E-state index contributed by atoms with van der Waals surface area (Å²) in [7, 11) is 0. The maximum atomic E-state index is 11.9. The lowest BCUT2D eigenvalue weighted by molar-refractivity contribution is 0.0951. The first kappa shape index (κ1) is 13.0. The molecule has 5 heteroatoms. The molecular formula is C15H12N2OS2. The quantitative estimate of drug-likeness (QED) is 0.796. The fourth-order valence-corrected chi connectivity index (χ4v) is 3.15. The van der Waals surface area contributed by atoms with Gasteiger partial charge in [-0.25, -0.2) is 0 Å². The molecule has 0 fully saturated rings. The van der Waals surface area contributed by atoms with Crippen LogP contribution in [0.25, 0.3) is 10.6 Å². The molecular weight excluding hydrogens is 288 g/mol. The minimum absolute atomic E-state index is 0.0410. The van der Waals surface area contributed by atoms with Crippen LogP contribution in [0.5, 0.6) is 0 Å². The number of carbonyl (C=O) groups excluding carboxylic acids is 1. The van der Waals surface area contributed by atoms with E-state index in [1.807, 2.05) is 46.5 Å². The van der Waals surface area contributed by atoms with Crippen molar-refractivity contribution in [3.63, 3.8) is 0 Å². The Kier molecular flexibility index (Phi) is 3.90. The Morgan fingerprint density at radius 3 is 2.95 bits per heavy atom. The van der Waals surface area contributed by atoms with Gasteiger partial charge in [-0.2, -0.15) is 11.3 Å². The zero-order valence-electron chi connectivity index (χ0n) is 10.6. The topological polar surface area (TPSA) is 42.0 Å². The highest BCUT2D eigenvalue weighted by Gasteiger charge is 2.06. The zero-order chi connectivity index (χ0) is 13.8. The van der Waals surface area contributed by atoms with Crippen molar-refractivity contribution in [3.05, 3.63) is 63.8 Å². The Bertz CT molecular complexity index is 691. The largest absolute Gasteiger partial charge is 0.348 e. The summed E-state index contributed by atoms with van der Waals surface area (Å²) in [6.45, 7) is 0.509. The fourth-order valence-electron chi connectivity index (χ4n) is 1.82. The van der Waals surface area contributed by atoms with Crippen LogP contribution >= 0.6 is 22.7 Å². The van der Waals surface area contributed by atoms with Gasteiger partial charge < -0.3 is 5.32 Å². The molecule has 1 N–H and O–H groups in total. The van der Waals surface area contributed by atoms with Crippen molar-refractivity contribution < 1.29 is 4.79 Å². The van der Waals surface area contributed by atoms with Gasteiger partial charge in [-0.05, 0) is 40.6 Å². The molecule has 20 heavy (non-hydrogen) atoms. The predicted molar refractivity (Wildman–Crippen MR) is 83.0 cm³/mol. The molecule has 3 aromatic rings. The SMILES string of the molecule is O=C(NCc1ccnc(-c2cccs2)c1)c1ccsc1. The Morgan fingerprint density at radius 1 is 1.25 bits per heavy atom. The highest BCUT2D eigenvalue weighted by atomic mass is 32.1. The van der Waals surface area contributed by atoms with Crippen molar-refractivity contribution >= 4 is 28.6 Å². The number of nitrogens with one attached hydrogen (secondary N) is 1. The first-order valence-corrected chi connectivity index (χ1v) is 7.94. The monoisotopic (exact) mass is 300 g/mol. The number of pyridine rings is 1. The fraction of sp³-hybridized carbons (Fsp3) is 0.0667. The van der Waals surface area contributed by atoms with Crippen LogP contribution < -0.4 is 5.32 Å². The molecule has 0 radical (unpaired) electrons. The Morgan fingerprint density at radius 2 is 2.20 bits per heavy atom. The molecule has 0 saturated carbocycles. The van der Waals surface area contributed by atoms with E-state index < -0.39 is 0 Å². The van der Waals surface area contributed by atoms with Crippen molar-refractivity contribution in [2.24, 2.45) is 0 Å². The lowest BCUT2D eigenvalue weighted by Crippen LogP contribution is -2.22. The standard InChI is InChI=1S/C15H12N2OS2/c18-15(12-4-7-19-10-12)17-9-11-3-5-16-13(8-11)14-2-1-6-20-14/h1-8,10H,9H2,(H,17,18). The zero-order valence-corrected chi connectivity index (χ0v) is 12.2. The summed E-state index contributed by atoms with van der Waals surface area (Å²) < 4.78 is 0. The van der Waals surface area contributed by atoms with E-state index in [0.717, 1.165) is 16.1 Å². The van der Waals surface area contributed by atoms with Crippen LogP contribution in [0.2, 0.25) is 0 Å². The summed E-state index contributed by atoms with van der Waals surface area (Å²) in [5, 5.41) is 8.69. The van der Waals surface area contributed by atoms with Gasteiger partial charge in [0.1, 0.15) is 0 Å². The molecule has 100 valence electrons. The van der Waals surface area contributed by atoms with E-state index in [2.05, 4.69) is 10.3 Å². The van der Waals surface area contributed by atoms with E-state index in [-0.39, 0.29) is 5.91 Å². The predicted octanol–water partition coefficient (Wildman–Crippen LogP) is 3.80. The van der Waals surface area contributed by atoms with Crippen molar-refractivity contribution in [1.29, 1.82) is 0 Å². The molecule has 0 saturated heterocycles. The van der Waals surface area contributed by atoms with Crippen LogP contribution in [0.15, 0.2) is 52.7 Å². The molecule has 0 aliphatic rings. The molecule has 0 bridgehead atoms. The summed E-state index contributed by atoms with van der Waals surface area (Å²) in [5.41, 5.74) is 2.71. The van der Waals surface area contributed by atoms with Gasteiger partial charge in [-0.1, -0.05) is 6.07 Å². The van der Waals surface area contributed by atoms with E-state index in [1.54, 1.807) is 17.5 Å². The minimum Gasteiger partial charge on any atom is -0.348 e. The lowest BCUT2D eigenvalue weighted by atomic mass is 10.2. The summed E-state index contributed by atoms with van der Waals surface area (Å²) in [6, 6.07) is 9.81. The maximum absolute atomic E-state index is 11.9. The van der Waals surface area contributed by atoms with E-state index in [4.69, 9.17) is 0 Å². The normalized spacial score (nSPS) is 10.4. The molecule has 0 aliphatic heterocycles. The maximum Gasteiger partial charge on any atom is 0.252 e. The summed E-state index contributed by atoms with van der Waals surface area (Å²) in [4.78, 5) is 17.4. The minimum atomic E-state index is -0.0410. The summed E-state index contributed by atoms with van der Waals surface area (Å²) in [5.74, 6) is -0.0410. The lowest BCUT2D eigenvalue weighted by Gasteiger charge is -2.05. The highest BCUT2D eigenvalue weighted by Crippen LogP contribution is 2.22. The van der Waals surface area contributed by atoms with Gasteiger partial charge in [0.2, 0.25) is 0 Å². The van der Waals surface area contributed by atoms with Crippen LogP contribution in [0.4, 0.5) is 0 Å². The Labute approximate surface area is 124 Å². The van der Waals surface area contributed by atoms with Crippen LogP contribution in [0.1, 0.15) is 15.9 Å². The summed E-state index contributed by atoms with van der Waals surface area (Å²) in [6.07, 6.45) is 1.78. The van der Waals surface area contributed by atoms with Gasteiger partial charge in [-0.15, -0.1) is 11.3 Å². The number of thiophene rings is 2. The molecule has 0 aromatic carbocycles. The third kappa shape index (κ3) is 2.95. The van der Waals surface area contributed by atoms with Crippen LogP contribution in [0, 0.1) is 0 Å². The van der Waals surface area contributed by atoms with Crippen molar-refractivity contribution in [2.75, 3.05) is 0 Å². The number of nitrogens with zero attached hydrogens (tertiary/aromatic N) is 1. The number of hydrogen-bond acceptors (Lipinski definition) is 4. The molecule has 0 spiro atoms. The number of rotatable bonds is 4. The van der Waals surface area contributed by atoms with Crippen molar-refractivity contribution in [3.8, 4) is 10.6 Å². The Balaban J connectivity index is 1.69. The van der Waals surface area contributed by atoms with Gasteiger partial charge >= 0.3 is 0 Å². The van der Waals surface area contributed by atoms with Gasteiger partial charge in [0.05, 0.1) is 10.6 Å². The molecule has 3 rings (SSSR count). The average Bonchev–Trinajstić information content (AvgIpc) is 3.17. The van der Waals surface area contributed by atoms with Gasteiger partial charge in [0.15, 0.2) is 0 Å². The van der Waals surface area contributed by atoms with E-state index >= 15 is 0 Å². The number of hydrogen-bond donors (Lipinski definition) is 1. The van der Waals surface area contributed by atoms with Crippen molar-refractivity contribution in [1.82, 2.24) is 10.3 Å². The van der Waals surface area contributed by atoms with E-state index in [9.17, 15) is 4.79 Å². The van der Waals surface area contributed by atoms with Crippen LogP contribution in [-0.2, 0) is 6.54 Å². The molecule has 3 nitrogen and oxygen atoms in total. The number of amides is 1. The molecule has 0 unspecified atom stereocenters. The van der Waals surface area contributed by atoms with Gasteiger partial charge in [-0.3, -0.25) is 9.78 Å². The first-order valence-electron chi connectivity index (χ1n) is 6.12. The second kappa shape index (κ2) is 5.98. The second-order valence-corrected chi connectivity index (χ2v) is 5.95. The Hall–Kier alpha value is -1.98. The third-order valence-corrected chi connectivity index (χ3v) is 4.41. The summed E-state index contributed by atoms with van der Waals surface area (Å²) >= 11 is 3.18. The number of carbonyl (C=O) groups is 1. The van der Waals surface area contributed by atoms with Crippen LogP contribution in [0.3, 0.4) is 0 Å². The third-order valence-electron chi connectivity index (χ3n) is 2.83. The van der Waals surface area contributed by atoms with E-state index in [0.29, 0.717) is 12.1 Å². The average molecular weight is 300 g/mol. The molecule has 3 aromatic heterocycles. The van der Waals surface area contributed by atoms with Gasteiger partial charge in [0.25, 0.3) is 5.91 Å². The van der Waals surface area contributed by atoms with Gasteiger partial charge in [0, 0.05) is 23.7 Å². The van der Waals surface area contributed by atoms with E-state index in [1.165, 1.54) is 11.3 Å². The van der Waals surface area contributed by atoms with Crippen molar-refractivity contribution in [2.45, 2.75) is 6.54 Å². The molecule has 0 atom stereocenters.